The first-order valence-electron chi connectivity index (χ1n) is 9.90. The third kappa shape index (κ3) is 4.11. The second kappa shape index (κ2) is 8.88. The van der Waals surface area contributed by atoms with Crippen molar-refractivity contribution in [3.8, 4) is 5.69 Å². The molecule has 0 bridgehead atoms. The molecular weight excluding hydrogens is 436 g/mol. The highest BCUT2D eigenvalue weighted by molar-refractivity contribution is 7.17. The number of hydrogen-bond donors (Lipinski definition) is 0. The number of halogens is 2. The Morgan fingerprint density at radius 1 is 1.03 bits per heavy atom. The molecule has 164 valence electrons. The molecule has 0 atom stereocenters. The number of thiophene rings is 1. The average molecular weight is 455 g/mol. The van der Waals surface area contributed by atoms with Gasteiger partial charge in [-0.2, -0.15) is 0 Å². The zero-order chi connectivity index (χ0) is 22.8. The first-order valence-corrected chi connectivity index (χ1v) is 10.8. The number of carbonyl (C=O) groups is 1. The lowest BCUT2D eigenvalue weighted by Gasteiger charge is -2.22. The standard InChI is InChI=1S/C23H19F2N3O3S/c1-2-26(13-15-6-4-3-5-7-15)20(29)14-27-19-8-9-32-21(19)22(30)28(23(27)31)18-11-16(24)10-17(25)12-18/h3-12H,2,13-14H2,1H3. The fourth-order valence-corrected chi connectivity index (χ4v) is 4.38. The molecule has 2 heterocycles. The highest BCUT2D eigenvalue weighted by Crippen LogP contribution is 2.18. The smallest absolute Gasteiger partial charge is 0.336 e. The van der Waals surface area contributed by atoms with Crippen LogP contribution in [0, 0.1) is 11.6 Å². The molecule has 9 heteroatoms. The van der Waals surface area contributed by atoms with Gasteiger partial charge in [0.1, 0.15) is 22.9 Å². The number of nitrogens with zero attached hydrogens (tertiary/aromatic N) is 3. The number of benzene rings is 2. The Kier molecular flexibility index (Phi) is 6.00. The van der Waals surface area contributed by atoms with Crippen LogP contribution in [0.2, 0.25) is 0 Å². The van der Waals surface area contributed by atoms with Gasteiger partial charge in [-0.15, -0.1) is 11.3 Å². The second-order valence-electron chi connectivity index (χ2n) is 7.17. The van der Waals surface area contributed by atoms with Gasteiger partial charge in [-0.25, -0.2) is 18.1 Å². The minimum atomic E-state index is -0.916. The van der Waals surface area contributed by atoms with Gasteiger partial charge in [0.05, 0.1) is 11.2 Å². The first-order chi connectivity index (χ1) is 15.4. The third-order valence-corrected chi connectivity index (χ3v) is 6.00. The molecule has 0 aliphatic heterocycles. The summed E-state index contributed by atoms with van der Waals surface area (Å²) in [4.78, 5) is 40.8. The normalized spacial score (nSPS) is 11.1. The number of likely N-dealkylation sites (N-methyl/N-ethyl adjacent to an activating group) is 1. The summed E-state index contributed by atoms with van der Waals surface area (Å²) in [6.45, 7) is 2.31. The van der Waals surface area contributed by atoms with E-state index in [9.17, 15) is 23.2 Å². The van der Waals surface area contributed by atoms with Crippen LogP contribution in [0.1, 0.15) is 12.5 Å². The fraction of sp³-hybridized carbons (Fsp3) is 0.174. The minimum absolute atomic E-state index is 0.216. The highest BCUT2D eigenvalue weighted by atomic mass is 32.1. The van der Waals surface area contributed by atoms with Gasteiger partial charge < -0.3 is 4.90 Å². The molecule has 1 amide bonds. The molecule has 0 unspecified atom stereocenters. The van der Waals surface area contributed by atoms with E-state index in [1.807, 2.05) is 37.3 Å². The van der Waals surface area contributed by atoms with E-state index in [0.717, 1.165) is 29.0 Å². The van der Waals surface area contributed by atoms with E-state index < -0.39 is 22.9 Å². The Labute approximate surface area is 185 Å². The molecule has 0 fully saturated rings. The summed E-state index contributed by atoms with van der Waals surface area (Å²) in [6, 6.07) is 13.5. The molecule has 0 aliphatic rings. The average Bonchev–Trinajstić information content (AvgIpc) is 3.25. The molecule has 0 N–H and O–H groups in total. The predicted octanol–water partition coefficient (Wildman–Crippen LogP) is 3.54. The van der Waals surface area contributed by atoms with Crippen LogP contribution >= 0.6 is 11.3 Å². The van der Waals surface area contributed by atoms with Crippen molar-refractivity contribution in [2.75, 3.05) is 6.54 Å². The van der Waals surface area contributed by atoms with Gasteiger partial charge in [0.2, 0.25) is 5.91 Å². The van der Waals surface area contributed by atoms with Gasteiger partial charge in [-0.1, -0.05) is 30.3 Å². The number of hydrogen-bond acceptors (Lipinski definition) is 4. The van der Waals surface area contributed by atoms with Gasteiger partial charge in [0.15, 0.2) is 0 Å². The number of amides is 1. The third-order valence-electron chi connectivity index (χ3n) is 5.10. The SMILES string of the molecule is CCN(Cc1ccccc1)C(=O)Cn1c(=O)n(-c2cc(F)cc(F)c2)c(=O)c2sccc21. The summed E-state index contributed by atoms with van der Waals surface area (Å²) in [5.74, 6) is -2.15. The van der Waals surface area contributed by atoms with Crippen molar-refractivity contribution in [1.82, 2.24) is 14.0 Å². The topological polar surface area (TPSA) is 64.3 Å². The van der Waals surface area contributed by atoms with Crippen molar-refractivity contribution >= 4 is 27.5 Å². The van der Waals surface area contributed by atoms with E-state index in [0.29, 0.717) is 29.2 Å². The summed E-state index contributed by atoms with van der Waals surface area (Å²) >= 11 is 1.09. The van der Waals surface area contributed by atoms with Gasteiger partial charge in [-0.05, 0) is 36.1 Å². The lowest BCUT2D eigenvalue weighted by atomic mass is 10.2. The van der Waals surface area contributed by atoms with Gasteiger partial charge in [-0.3, -0.25) is 14.2 Å². The molecule has 0 saturated carbocycles. The van der Waals surface area contributed by atoms with Crippen molar-refractivity contribution < 1.29 is 13.6 Å². The van der Waals surface area contributed by atoms with E-state index in [1.54, 1.807) is 16.3 Å². The molecule has 0 radical (unpaired) electrons. The van der Waals surface area contributed by atoms with Gasteiger partial charge in [0, 0.05) is 19.2 Å². The minimum Gasteiger partial charge on any atom is -0.337 e. The summed E-state index contributed by atoms with van der Waals surface area (Å²) in [5.41, 5.74) is -0.510. The van der Waals surface area contributed by atoms with E-state index in [2.05, 4.69) is 0 Å². The lowest BCUT2D eigenvalue weighted by Crippen LogP contribution is -2.42. The van der Waals surface area contributed by atoms with Crippen LogP contribution in [0.3, 0.4) is 0 Å². The van der Waals surface area contributed by atoms with Crippen LogP contribution in [0.15, 0.2) is 69.6 Å². The maximum Gasteiger partial charge on any atom is 0.336 e. The van der Waals surface area contributed by atoms with Crippen LogP contribution in [0.4, 0.5) is 8.78 Å². The Hall–Kier alpha value is -3.59. The summed E-state index contributed by atoms with van der Waals surface area (Å²) in [5, 5.41) is 1.63. The summed E-state index contributed by atoms with van der Waals surface area (Å²) in [7, 11) is 0. The van der Waals surface area contributed by atoms with Crippen LogP contribution in [0.5, 0.6) is 0 Å². The molecule has 4 aromatic rings. The first kappa shape index (κ1) is 21.6. The second-order valence-corrected chi connectivity index (χ2v) is 8.08. The number of aromatic nitrogens is 2. The van der Waals surface area contributed by atoms with Crippen molar-refractivity contribution in [2.45, 2.75) is 20.0 Å². The van der Waals surface area contributed by atoms with Crippen molar-refractivity contribution in [3.63, 3.8) is 0 Å². The van der Waals surface area contributed by atoms with Crippen LogP contribution in [-0.2, 0) is 17.9 Å². The summed E-state index contributed by atoms with van der Waals surface area (Å²) in [6.07, 6.45) is 0. The van der Waals surface area contributed by atoms with Crippen LogP contribution in [0.25, 0.3) is 15.9 Å². The van der Waals surface area contributed by atoms with Gasteiger partial charge >= 0.3 is 5.69 Å². The van der Waals surface area contributed by atoms with E-state index in [1.165, 1.54) is 4.57 Å². The van der Waals surface area contributed by atoms with Crippen molar-refractivity contribution in [2.24, 2.45) is 0 Å². The number of rotatable bonds is 6. The largest absolute Gasteiger partial charge is 0.337 e. The van der Waals surface area contributed by atoms with E-state index in [4.69, 9.17) is 0 Å². The fourth-order valence-electron chi connectivity index (χ4n) is 3.55. The Morgan fingerprint density at radius 2 is 1.72 bits per heavy atom. The molecule has 2 aromatic heterocycles. The van der Waals surface area contributed by atoms with Crippen molar-refractivity contribution in [1.29, 1.82) is 0 Å². The molecule has 32 heavy (non-hydrogen) atoms. The monoisotopic (exact) mass is 455 g/mol. The molecule has 0 aliphatic carbocycles. The van der Waals surface area contributed by atoms with Crippen LogP contribution in [-0.4, -0.2) is 26.5 Å². The quantitative estimate of drug-likeness (QED) is 0.447. The Morgan fingerprint density at radius 3 is 2.38 bits per heavy atom. The van der Waals surface area contributed by atoms with E-state index in [-0.39, 0.29) is 22.8 Å². The summed E-state index contributed by atoms with van der Waals surface area (Å²) < 4.78 is 29.6. The van der Waals surface area contributed by atoms with Crippen LogP contribution < -0.4 is 11.2 Å². The van der Waals surface area contributed by atoms with E-state index >= 15 is 0 Å². The number of fused-ring (bicyclic) bond motifs is 1. The zero-order valence-corrected chi connectivity index (χ0v) is 17.9. The van der Waals surface area contributed by atoms with Gasteiger partial charge in [0.25, 0.3) is 5.56 Å². The zero-order valence-electron chi connectivity index (χ0n) is 17.1. The Balaban J connectivity index is 1.79. The van der Waals surface area contributed by atoms with Crippen molar-refractivity contribution in [3.05, 3.63) is 98.0 Å². The molecule has 2 aromatic carbocycles. The lowest BCUT2D eigenvalue weighted by molar-refractivity contribution is -0.132. The highest BCUT2D eigenvalue weighted by Gasteiger charge is 2.20. The Bertz CT molecular complexity index is 1390. The maximum absolute atomic E-state index is 13.8. The predicted molar refractivity (Wildman–Crippen MR) is 119 cm³/mol. The molecule has 0 saturated heterocycles. The number of carbonyl (C=O) groups excluding carboxylic acids is 1. The molecular formula is C23H19F2N3O3S. The maximum atomic E-state index is 13.8. The molecule has 6 nitrogen and oxygen atoms in total. The molecule has 0 spiro atoms. The molecule has 4 rings (SSSR count).